The maximum Gasteiger partial charge on any atom is 0.191 e. The summed E-state index contributed by atoms with van der Waals surface area (Å²) in [6.45, 7) is 7.12. The zero-order chi connectivity index (χ0) is 17.3. The largest absolute Gasteiger partial charge is 0.379 e. The number of aliphatic imine (C=N–C) groups is 1. The van der Waals surface area contributed by atoms with Gasteiger partial charge in [0.05, 0.1) is 19.3 Å². The van der Waals surface area contributed by atoms with Gasteiger partial charge in [0.1, 0.15) is 0 Å². The molecule has 2 fully saturated rings. The Kier molecular flexibility index (Phi) is 7.09. The smallest absolute Gasteiger partial charge is 0.191 e. The average Bonchev–Trinajstić information content (AvgIpc) is 3.17. The number of benzene rings is 1. The molecule has 2 heterocycles. The lowest BCUT2D eigenvalue weighted by Crippen LogP contribution is -2.41. The maximum absolute atomic E-state index is 5.65. The molecule has 0 amide bonds. The van der Waals surface area contributed by atoms with E-state index >= 15 is 0 Å². The number of rotatable bonds is 6. The molecule has 25 heavy (non-hydrogen) atoms. The van der Waals surface area contributed by atoms with Crippen molar-refractivity contribution in [3.63, 3.8) is 0 Å². The molecule has 2 N–H and O–H groups in total. The Bertz CT molecular complexity index is 552. The third-order valence-corrected chi connectivity index (χ3v) is 4.81. The molecule has 2 saturated heterocycles. The Balaban J connectivity index is 1.50. The molecular weight excluding hydrogens is 316 g/mol. The van der Waals surface area contributed by atoms with Crippen molar-refractivity contribution in [3.8, 4) is 0 Å². The van der Waals surface area contributed by atoms with Crippen LogP contribution in [0.15, 0.2) is 29.3 Å². The van der Waals surface area contributed by atoms with Gasteiger partial charge in [0.25, 0.3) is 0 Å². The van der Waals surface area contributed by atoms with Gasteiger partial charge in [-0.1, -0.05) is 24.3 Å². The fraction of sp³-hybridized carbons (Fsp3) is 0.632. The molecule has 1 aromatic carbocycles. The van der Waals surface area contributed by atoms with Gasteiger partial charge < -0.3 is 20.1 Å². The Morgan fingerprint density at radius 2 is 1.96 bits per heavy atom. The molecule has 2 aliphatic heterocycles. The highest BCUT2D eigenvalue weighted by atomic mass is 16.5. The lowest BCUT2D eigenvalue weighted by molar-refractivity contribution is 0.0341. The number of morpholine rings is 1. The summed E-state index contributed by atoms with van der Waals surface area (Å²) in [4.78, 5) is 6.77. The molecule has 0 aliphatic carbocycles. The van der Waals surface area contributed by atoms with Crippen LogP contribution in [0.25, 0.3) is 0 Å². The quantitative estimate of drug-likeness (QED) is 0.602. The first-order valence-electron chi connectivity index (χ1n) is 9.28. The van der Waals surface area contributed by atoms with Gasteiger partial charge >= 0.3 is 0 Å². The molecule has 6 heteroatoms. The van der Waals surface area contributed by atoms with Gasteiger partial charge in [-0.2, -0.15) is 0 Å². The topological polar surface area (TPSA) is 58.1 Å². The van der Waals surface area contributed by atoms with Crippen LogP contribution < -0.4 is 10.6 Å². The van der Waals surface area contributed by atoms with E-state index in [9.17, 15) is 0 Å². The van der Waals surface area contributed by atoms with E-state index in [2.05, 4.69) is 44.8 Å². The number of nitrogens with one attached hydrogen (secondary N) is 2. The molecule has 1 atom stereocenters. The van der Waals surface area contributed by atoms with Crippen LogP contribution in [-0.4, -0.2) is 63.5 Å². The van der Waals surface area contributed by atoms with Crippen molar-refractivity contribution in [1.82, 2.24) is 15.5 Å². The second kappa shape index (κ2) is 9.75. The fourth-order valence-corrected chi connectivity index (χ4v) is 3.30. The first-order valence-corrected chi connectivity index (χ1v) is 9.28. The van der Waals surface area contributed by atoms with E-state index in [1.165, 1.54) is 11.1 Å². The third-order valence-electron chi connectivity index (χ3n) is 4.81. The van der Waals surface area contributed by atoms with E-state index in [4.69, 9.17) is 9.47 Å². The van der Waals surface area contributed by atoms with Gasteiger partial charge in [-0.25, -0.2) is 0 Å². The first kappa shape index (κ1) is 18.2. The summed E-state index contributed by atoms with van der Waals surface area (Å²) in [5, 5.41) is 6.80. The lowest BCUT2D eigenvalue weighted by atomic mass is 10.1. The van der Waals surface area contributed by atoms with E-state index in [1.807, 2.05) is 7.05 Å². The number of nitrogens with zero attached hydrogens (tertiary/aromatic N) is 2. The minimum atomic E-state index is 0.312. The SMILES string of the molecule is CN=C(NCc1ccccc1CN1CCOCC1)NCC1CCCO1. The highest BCUT2D eigenvalue weighted by molar-refractivity contribution is 5.79. The van der Waals surface area contributed by atoms with E-state index in [1.54, 1.807) is 0 Å². The van der Waals surface area contributed by atoms with Crippen molar-refractivity contribution in [1.29, 1.82) is 0 Å². The molecule has 2 aliphatic rings. The minimum Gasteiger partial charge on any atom is -0.379 e. The normalized spacial score (nSPS) is 22.1. The third kappa shape index (κ3) is 5.70. The highest BCUT2D eigenvalue weighted by Crippen LogP contribution is 2.13. The summed E-state index contributed by atoms with van der Waals surface area (Å²) < 4.78 is 11.1. The predicted octanol–water partition coefficient (Wildman–Crippen LogP) is 1.36. The molecule has 6 nitrogen and oxygen atoms in total. The zero-order valence-electron chi connectivity index (χ0n) is 15.2. The fourth-order valence-electron chi connectivity index (χ4n) is 3.30. The van der Waals surface area contributed by atoms with Crippen LogP contribution in [0, 0.1) is 0 Å². The summed E-state index contributed by atoms with van der Waals surface area (Å²) in [5.74, 6) is 0.830. The summed E-state index contributed by atoms with van der Waals surface area (Å²) in [7, 11) is 1.81. The van der Waals surface area contributed by atoms with Crippen LogP contribution in [0.5, 0.6) is 0 Å². The van der Waals surface area contributed by atoms with E-state index in [0.717, 1.165) is 71.3 Å². The minimum absolute atomic E-state index is 0.312. The van der Waals surface area contributed by atoms with E-state index in [-0.39, 0.29) is 0 Å². The van der Waals surface area contributed by atoms with Crippen molar-refractivity contribution in [2.45, 2.75) is 32.0 Å². The Hall–Kier alpha value is -1.63. The molecule has 0 spiro atoms. The number of ether oxygens (including phenoxy) is 2. The second-order valence-electron chi connectivity index (χ2n) is 6.60. The molecule has 0 bridgehead atoms. The molecule has 0 radical (unpaired) electrons. The molecule has 0 aromatic heterocycles. The van der Waals surface area contributed by atoms with Gasteiger partial charge in [0.15, 0.2) is 5.96 Å². The molecule has 1 aromatic rings. The lowest BCUT2D eigenvalue weighted by Gasteiger charge is -2.27. The summed E-state index contributed by atoms with van der Waals surface area (Å²) in [6.07, 6.45) is 2.60. The molecule has 1 unspecified atom stereocenters. The zero-order valence-corrected chi connectivity index (χ0v) is 15.2. The van der Waals surface area contributed by atoms with Crippen molar-refractivity contribution >= 4 is 5.96 Å². The van der Waals surface area contributed by atoms with Gasteiger partial charge in [-0.05, 0) is 24.0 Å². The van der Waals surface area contributed by atoms with Crippen LogP contribution >= 0.6 is 0 Å². The van der Waals surface area contributed by atoms with E-state index in [0.29, 0.717) is 6.10 Å². The molecular formula is C19H30N4O2. The summed E-state index contributed by atoms with van der Waals surface area (Å²) >= 11 is 0. The van der Waals surface area contributed by atoms with Gasteiger partial charge in [-0.3, -0.25) is 9.89 Å². The van der Waals surface area contributed by atoms with Crippen LogP contribution in [-0.2, 0) is 22.6 Å². The first-order chi connectivity index (χ1) is 12.3. The standard InChI is InChI=1S/C19H30N4O2/c1-20-19(22-14-18-7-4-10-25-18)21-13-16-5-2-3-6-17(16)15-23-8-11-24-12-9-23/h2-3,5-6,18H,4,7-15H2,1H3,(H2,20,21,22). The van der Waals surface area contributed by atoms with Gasteiger partial charge in [0, 0.05) is 46.4 Å². The number of hydrogen-bond acceptors (Lipinski definition) is 4. The highest BCUT2D eigenvalue weighted by Gasteiger charge is 2.16. The van der Waals surface area contributed by atoms with Crippen molar-refractivity contribution in [2.24, 2.45) is 4.99 Å². The van der Waals surface area contributed by atoms with Crippen molar-refractivity contribution in [3.05, 3.63) is 35.4 Å². The van der Waals surface area contributed by atoms with E-state index < -0.39 is 0 Å². The Morgan fingerprint density at radius 3 is 2.68 bits per heavy atom. The monoisotopic (exact) mass is 346 g/mol. The van der Waals surface area contributed by atoms with Gasteiger partial charge in [0.2, 0.25) is 0 Å². The average molecular weight is 346 g/mol. The number of guanidine groups is 1. The molecule has 138 valence electrons. The Morgan fingerprint density at radius 1 is 1.16 bits per heavy atom. The van der Waals surface area contributed by atoms with Crippen LogP contribution in [0.2, 0.25) is 0 Å². The van der Waals surface area contributed by atoms with Crippen molar-refractivity contribution < 1.29 is 9.47 Å². The Labute approximate surface area is 150 Å². The molecule has 3 rings (SSSR count). The second-order valence-corrected chi connectivity index (χ2v) is 6.60. The summed E-state index contributed by atoms with van der Waals surface area (Å²) in [5.41, 5.74) is 2.68. The number of hydrogen-bond donors (Lipinski definition) is 2. The van der Waals surface area contributed by atoms with Crippen LogP contribution in [0.4, 0.5) is 0 Å². The predicted molar refractivity (Wildman–Crippen MR) is 99.7 cm³/mol. The van der Waals surface area contributed by atoms with Crippen molar-refractivity contribution in [2.75, 3.05) is 46.5 Å². The maximum atomic E-state index is 5.65. The van der Waals surface area contributed by atoms with Crippen LogP contribution in [0.1, 0.15) is 24.0 Å². The summed E-state index contributed by atoms with van der Waals surface area (Å²) in [6, 6.07) is 8.62. The molecule has 0 saturated carbocycles. The van der Waals surface area contributed by atoms with Gasteiger partial charge in [-0.15, -0.1) is 0 Å². The van der Waals surface area contributed by atoms with Crippen LogP contribution in [0.3, 0.4) is 0 Å².